The van der Waals surface area contributed by atoms with Gasteiger partial charge in [-0.15, -0.1) is 0 Å². The second-order valence-electron chi connectivity index (χ2n) is 7.58. The molecule has 0 saturated heterocycles. The lowest BCUT2D eigenvalue weighted by Gasteiger charge is -2.31. The Labute approximate surface area is 204 Å². The molecule has 4 rings (SSSR count). The number of rotatable bonds is 5. The molecule has 3 aromatic carbocycles. The molecule has 0 aromatic heterocycles. The lowest BCUT2D eigenvalue weighted by Crippen LogP contribution is -2.39. The lowest BCUT2D eigenvalue weighted by atomic mass is 9.95. The third-order valence-electron chi connectivity index (χ3n) is 5.57. The van der Waals surface area contributed by atoms with Crippen LogP contribution in [0.2, 0.25) is 0 Å². The maximum atomic E-state index is 13.9. The van der Waals surface area contributed by atoms with Crippen LogP contribution in [0, 0.1) is 5.82 Å². The normalized spacial score (nSPS) is 15.1. The van der Waals surface area contributed by atoms with E-state index in [2.05, 4.69) is 21.2 Å². The van der Waals surface area contributed by atoms with Gasteiger partial charge in [-0.05, 0) is 48.0 Å². The molecule has 34 heavy (non-hydrogen) atoms. The smallest absolute Gasteiger partial charge is 0.255 e. The Hall–Kier alpha value is -3.59. The largest absolute Gasteiger partial charge is 0.493 e. The molecule has 2 amide bonds. The molecular formula is C25H22BrFN2O5. The van der Waals surface area contributed by atoms with Crippen LogP contribution < -0.4 is 19.5 Å². The Kier molecular flexibility index (Phi) is 6.74. The van der Waals surface area contributed by atoms with Gasteiger partial charge < -0.3 is 24.4 Å². The summed E-state index contributed by atoms with van der Waals surface area (Å²) in [4.78, 5) is 28.1. The maximum Gasteiger partial charge on any atom is 0.255 e. The summed E-state index contributed by atoms with van der Waals surface area (Å²) < 4.78 is 30.6. The number of amides is 2. The Balaban J connectivity index is 1.90. The van der Waals surface area contributed by atoms with E-state index in [9.17, 15) is 14.0 Å². The lowest BCUT2D eigenvalue weighted by molar-refractivity contribution is -0.117. The molecule has 176 valence electrons. The summed E-state index contributed by atoms with van der Waals surface area (Å²) in [7, 11) is 4.39. The average Bonchev–Trinajstić information content (AvgIpc) is 2.98. The number of methoxy groups -OCH3 is 3. The average molecular weight is 529 g/mol. The highest BCUT2D eigenvalue weighted by Crippen LogP contribution is 2.41. The van der Waals surface area contributed by atoms with Crippen LogP contribution in [0.3, 0.4) is 0 Å². The van der Waals surface area contributed by atoms with Crippen molar-refractivity contribution in [2.45, 2.75) is 6.04 Å². The quantitative estimate of drug-likeness (QED) is 0.514. The number of nitrogens with one attached hydrogen (secondary N) is 1. The van der Waals surface area contributed by atoms with E-state index in [1.54, 1.807) is 24.3 Å². The molecule has 0 fully saturated rings. The molecule has 0 bridgehead atoms. The SMILES string of the molecule is COc1cc(C(=O)N2CC(=O)Nc3ccc(Br)cc3C2c2ccc(F)cc2)cc(OC)c1OC. The number of fused-ring (bicyclic) bond motifs is 1. The first-order valence-corrected chi connectivity index (χ1v) is 11.1. The molecule has 1 aliphatic rings. The Morgan fingerprint density at radius 3 is 2.24 bits per heavy atom. The monoisotopic (exact) mass is 528 g/mol. The van der Waals surface area contributed by atoms with E-state index in [1.807, 2.05) is 6.07 Å². The van der Waals surface area contributed by atoms with Gasteiger partial charge in [-0.2, -0.15) is 0 Å². The summed E-state index contributed by atoms with van der Waals surface area (Å²) in [5, 5.41) is 2.86. The predicted octanol–water partition coefficient (Wildman–Crippen LogP) is 4.80. The zero-order valence-corrected chi connectivity index (χ0v) is 20.3. The predicted molar refractivity (Wildman–Crippen MR) is 128 cm³/mol. The molecule has 7 nitrogen and oxygen atoms in total. The minimum atomic E-state index is -0.668. The standard InChI is InChI=1S/C25H22BrFN2O5/c1-32-20-10-15(11-21(33-2)24(20)34-3)25(31)29-13-22(30)28-19-9-6-16(26)12-18(19)23(29)14-4-7-17(27)8-5-14/h4-12,23H,13H2,1-3H3,(H,28,30). The van der Waals surface area contributed by atoms with Crippen molar-refractivity contribution in [2.24, 2.45) is 0 Å². The first-order chi connectivity index (χ1) is 16.4. The number of halogens is 2. The van der Waals surface area contributed by atoms with Crippen molar-refractivity contribution in [2.75, 3.05) is 33.2 Å². The molecule has 0 aliphatic carbocycles. The van der Waals surface area contributed by atoms with Gasteiger partial charge in [0.1, 0.15) is 12.4 Å². The first-order valence-electron chi connectivity index (χ1n) is 10.3. The molecule has 1 N–H and O–H groups in total. The number of hydrogen-bond acceptors (Lipinski definition) is 5. The molecule has 9 heteroatoms. The van der Waals surface area contributed by atoms with E-state index >= 15 is 0 Å². The summed E-state index contributed by atoms with van der Waals surface area (Å²) in [6.45, 7) is -0.218. The number of hydrogen-bond donors (Lipinski definition) is 1. The third kappa shape index (κ3) is 4.43. The molecule has 0 spiro atoms. The summed E-state index contributed by atoms with van der Waals surface area (Å²) in [6, 6.07) is 13.7. The number of carbonyl (C=O) groups excluding carboxylic acids is 2. The van der Waals surface area contributed by atoms with Crippen LogP contribution in [-0.2, 0) is 4.79 Å². The number of carbonyl (C=O) groups is 2. The number of ether oxygens (including phenoxy) is 3. The third-order valence-corrected chi connectivity index (χ3v) is 6.06. The molecule has 1 aliphatic heterocycles. The molecule has 1 atom stereocenters. The molecular weight excluding hydrogens is 507 g/mol. The zero-order chi connectivity index (χ0) is 24.4. The van der Waals surface area contributed by atoms with Crippen molar-refractivity contribution >= 4 is 33.4 Å². The fourth-order valence-electron chi connectivity index (χ4n) is 4.04. The van der Waals surface area contributed by atoms with Crippen LogP contribution in [0.1, 0.15) is 27.5 Å². The minimum absolute atomic E-state index is 0.218. The molecule has 1 heterocycles. The Morgan fingerprint density at radius 1 is 1.00 bits per heavy atom. The van der Waals surface area contributed by atoms with Gasteiger partial charge in [0.05, 0.1) is 27.4 Å². The topological polar surface area (TPSA) is 77.1 Å². The van der Waals surface area contributed by atoms with E-state index in [0.29, 0.717) is 34.1 Å². The Bertz CT molecular complexity index is 1220. The van der Waals surface area contributed by atoms with E-state index in [4.69, 9.17) is 14.2 Å². The molecule has 0 saturated carbocycles. The highest BCUT2D eigenvalue weighted by molar-refractivity contribution is 9.10. The molecule has 3 aromatic rings. The van der Waals surface area contributed by atoms with E-state index in [0.717, 1.165) is 4.47 Å². The summed E-state index contributed by atoms with van der Waals surface area (Å²) in [6.07, 6.45) is 0. The van der Waals surface area contributed by atoms with Gasteiger partial charge in [-0.3, -0.25) is 9.59 Å². The zero-order valence-electron chi connectivity index (χ0n) is 18.7. The Morgan fingerprint density at radius 2 is 1.65 bits per heavy atom. The molecule has 0 radical (unpaired) electrons. The van der Waals surface area contributed by atoms with Crippen LogP contribution in [0.15, 0.2) is 59.1 Å². The maximum absolute atomic E-state index is 13.9. The number of benzene rings is 3. The van der Waals surface area contributed by atoms with Crippen LogP contribution in [0.25, 0.3) is 0 Å². The van der Waals surface area contributed by atoms with Crippen molar-refractivity contribution in [3.8, 4) is 17.2 Å². The fraction of sp³-hybridized carbons (Fsp3) is 0.200. The van der Waals surface area contributed by atoms with Crippen molar-refractivity contribution in [1.82, 2.24) is 4.90 Å². The van der Waals surface area contributed by atoms with Gasteiger partial charge in [-0.25, -0.2) is 4.39 Å². The van der Waals surface area contributed by atoms with Gasteiger partial charge >= 0.3 is 0 Å². The minimum Gasteiger partial charge on any atom is -0.493 e. The van der Waals surface area contributed by atoms with E-state index in [-0.39, 0.29) is 18.0 Å². The van der Waals surface area contributed by atoms with Gasteiger partial charge in [0, 0.05) is 21.3 Å². The summed E-state index contributed by atoms with van der Waals surface area (Å²) in [5.41, 5.74) is 2.15. The number of anilines is 1. The second-order valence-corrected chi connectivity index (χ2v) is 8.50. The van der Waals surface area contributed by atoms with Crippen molar-refractivity contribution in [1.29, 1.82) is 0 Å². The summed E-state index contributed by atoms with van der Waals surface area (Å²) >= 11 is 3.48. The highest BCUT2D eigenvalue weighted by Gasteiger charge is 2.35. The fourth-order valence-corrected chi connectivity index (χ4v) is 4.42. The van der Waals surface area contributed by atoms with Crippen molar-refractivity contribution < 1.29 is 28.2 Å². The van der Waals surface area contributed by atoms with Crippen molar-refractivity contribution in [3.05, 3.63) is 81.6 Å². The summed E-state index contributed by atoms with van der Waals surface area (Å²) in [5.74, 6) is -0.217. The van der Waals surface area contributed by atoms with E-state index in [1.165, 1.54) is 50.5 Å². The van der Waals surface area contributed by atoms with E-state index < -0.39 is 17.8 Å². The van der Waals surface area contributed by atoms with Gasteiger partial charge in [0.25, 0.3) is 5.91 Å². The number of nitrogens with zero attached hydrogens (tertiary/aromatic N) is 1. The second kappa shape index (κ2) is 9.72. The van der Waals surface area contributed by atoms with Crippen LogP contribution in [0.4, 0.5) is 10.1 Å². The van der Waals surface area contributed by atoms with Gasteiger partial charge in [0.15, 0.2) is 11.5 Å². The van der Waals surface area contributed by atoms with Gasteiger partial charge in [0.2, 0.25) is 11.7 Å². The molecule has 1 unspecified atom stereocenters. The van der Waals surface area contributed by atoms with Crippen LogP contribution >= 0.6 is 15.9 Å². The first kappa shape index (κ1) is 23.6. The van der Waals surface area contributed by atoms with Gasteiger partial charge in [-0.1, -0.05) is 28.1 Å². The highest BCUT2D eigenvalue weighted by atomic mass is 79.9. The van der Waals surface area contributed by atoms with Crippen molar-refractivity contribution in [3.63, 3.8) is 0 Å². The van der Waals surface area contributed by atoms with Crippen LogP contribution in [0.5, 0.6) is 17.2 Å². The van der Waals surface area contributed by atoms with Crippen LogP contribution in [-0.4, -0.2) is 44.6 Å².